The van der Waals surface area contributed by atoms with Gasteiger partial charge in [-0.3, -0.25) is 14.9 Å². The van der Waals surface area contributed by atoms with Gasteiger partial charge < -0.3 is 5.32 Å². The summed E-state index contributed by atoms with van der Waals surface area (Å²) >= 11 is 5.99. The maximum Gasteiger partial charge on any atom is 0.270 e. The highest BCUT2D eigenvalue weighted by molar-refractivity contribution is 6.34. The van der Waals surface area contributed by atoms with Crippen LogP contribution in [0.4, 0.5) is 5.69 Å². The van der Waals surface area contributed by atoms with Gasteiger partial charge in [0, 0.05) is 18.2 Å². The largest absolute Gasteiger partial charge is 0.349 e. The molecule has 114 valence electrons. The fraction of sp³-hybridized carbons (Fsp3) is 0.533. The zero-order chi connectivity index (χ0) is 15.6. The van der Waals surface area contributed by atoms with E-state index < -0.39 is 4.92 Å². The van der Waals surface area contributed by atoms with Gasteiger partial charge in [-0.15, -0.1) is 0 Å². The van der Waals surface area contributed by atoms with Gasteiger partial charge in [0.05, 0.1) is 15.5 Å². The molecule has 1 aliphatic rings. The Morgan fingerprint density at radius 2 is 2.10 bits per heavy atom. The molecule has 1 amide bonds. The lowest BCUT2D eigenvalue weighted by Gasteiger charge is -2.34. The van der Waals surface area contributed by atoms with Crippen LogP contribution in [0.15, 0.2) is 18.2 Å². The third-order valence-electron chi connectivity index (χ3n) is 4.43. The predicted molar refractivity (Wildman–Crippen MR) is 81.5 cm³/mol. The summed E-state index contributed by atoms with van der Waals surface area (Å²) in [5.41, 5.74) is 0.170. The summed E-state index contributed by atoms with van der Waals surface area (Å²) < 4.78 is 0. The molecule has 0 saturated heterocycles. The first-order chi connectivity index (χ1) is 9.90. The van der Waals surface area contributed by atoms with E-state index in [2.05, 4.69) is 19.2 Å². The Labute approximate surface area is 128 Å². The van der Waals surface area contributed by atoms with Crippen molar-refractivity contribution in [3.05, 3.63) is 38.9 Å². The molecule has 1 aromatic carbocycles. The minimum absolute atomic E-state index is 0.109. The number of carbonyl (C=O) groups excluding carboxylic acids is 1. The molecule has 2 rings (SSSR count). The molecule has 21 heavy (non-hydrogen) atoms. The summed E-state index contributed by atoms with van der Waals surface area (Å²) in [6.45, 7) is 4.34. The van der Waals surface area contributed by atoms with Crippen molar-refractivity contribution < 1.29 is 9.72 Å². The molecule has 1 aliphatic carbocycles. The lowest BCUT2D eigenvalue weighted by atomic mass is 9.78. The van der Waals surface area contributed by atoms with E-state index in [0.29, 0.717) is 11.8 Å². The average molecular weight is 311 g/mol. The predicted octanol–water partition coefficient (Wildman–Crippen LogP) is 3.80. The Kier molecular flexibility index (Phi) is 4.83. The first kappa shape index (κ1) is 15.8. The molecular weight excluding hydrogens is 292 g/mol. The standard InChI is InChI=1S/C15H19ClN2O3/c1-9-4-3-5-14(10(9)2)17-15(19)12-7-6-11(18(20)21)8-13(12)16/h6-10,14H,3-5H2,1-2H3,(H,17,19)/t9-,10+,14-/m1/s1. The molecule has 0 heterocycles. The maximum absolute atomic E-state index is 12.3. The van der Waals surface area contributed by atoms with Gasteiger partial charge >= 0.3 is 0 Å². The van der Waals surface area contributed by atoms with Crippen LogP contribution in [0.25, 0.3) is 0 Å². The number of nitrogens with zero attached hydrogens (tertiary/aromatic N) is 1. The van der Waals surface area contributed by atoms with Crippen LogP contribution < -0.4 is 5.32 Å². The number of amides is 1. The number of carbonyl (C=O) groups is 1. The molecule has 1 aromatic rings. The van der Waals surface area contributed by atoms with Gasteiger partial charge in [0.1, 0.15) is 0 Å². The summed E-state index contributed by atoms with van der Waals surface area (Å²) in [6, 6.07) is 4.05. The van der Waals surface area contributed by atoms with Crippen LogP contribution in [0.2, 0.25) is 5.02 Å². The molecule has 5 nitrogen and oxygen atoms in total. The second kappa shape index (κ2) is 6.43. The summed E-state index contributed by atoms with van der Waals surface area (Å²) in [7, 11) is 0. The zero-order valence-electron chi connectivity index (χ0n) is 12.1. The van der Waals surface area contributed by atoms with E-state index in [1.165, 1.54) is 24.6 Å². The molecule has 3 atom stereocenters. The Balaban J connectivity index is 2.11. The summed E-state index contributed by atoms with van der Waals surface area (Å²) in [6.07, 6.45) is 3.25. The fourth-order valence-electron chi connectivity index (χ4n) is 2.83. The molecule has 0 aliphatic heterocycles. The third kappa shape index (κ3) is 3.53. The maximum atomic E-state index is 12.3. The van der Waals surface area contributed by atoms with E-state index in [1.807, 2.05) is 0 Å². The highest BCUT2D eigenvalue weighted by Gasteiger charge is 2.29. The Hall–Kier alpha value is -1.62. The highest BCUT2D eigenvalue weighted by atomic mass is 35.5. The molecular formula is C15H19ClN2O3. The molecule has 0 aromatic heterocycles. The molecule has 1 saturated carbocycles. The second-order valence-corrected chi connectivity index (χ2v) is 6.18. The first-order valence-corrected chi connectivity index (χ1v) is 7.52. The number of rotatable bonds is 3. The quantitative estimate of drug-likeness (QED) is 0.681. The molecule has 0 radical (unpaired) electrons. The summed E-state index contributed by atoms with van der Waals surface area (Å²) in [5.74, 6) is 0.733. The second-order valence-electron chi connectivity index (χ2n) is 5.77. The number of halogens is 1. The monoisotopic (exact) mass is 310 g/mol. The van der Waals surface area contributed by atoms with Crippen LogP contribution in [-0.4, -0.2) is 16.9 Å². The van der Waals surface area contributed by atoms with Crippen LogP contribution in [0.1, 0.15) is 43.5 Å². The summed E-state index contributed by atoms with van der Waals surface area (Å²) in [5, 5.41) is 13.8. The molecule has 0 unspecified atom stereocenters. The normalized spacial score (nSPS) is 25.4. The van der Waals surface area contributed by atoms with Crippen molar-refractivity contribution in [3.63, 3.8) is 0 Å². The van der Waals surface area contributed by atoms with Crippen molar-refractivity contribution in [2.75, 3.05) is 0 Å². The van der Waals surface area contributed by atoms with Gasteiger partial charge in [-0.05, 0) is 24.3 Å². The molecule has 1 fully saturated rings. The average Bonchev–Trinajstić information content (AvgIpc) is 2.43. The van der Waals surface area contributed by atoms with Crippen molar-refractivity contribution in [2.45, 2.75) is 39.2 Å². The lowest BCUT2D eigenvalue weighted by molar-refractivity contribution is -0.384. The topological polar surface area (TPSA) is 72.2 Å². The molecule has 0 bridgehead atoms. The van der Waals surface area contributed by atoms with E-state index in [0.717, 1.165) is 12.8 Å². The van der Waals surface area contributed by atoms with Gasteiger partial charge in [0.2, 0.25) is 0 Å². The van der Waals surface area contributed by atoms with Crippen LogP contribution in [0, 0.1) is 22.0 Å². The minimum atomic E-state index is -0.529. The van der Waals surface area contributed by atoms with Gasteiger partial charge in [-0.25, -0.2) is 0 Å². The van der Waals surface area contributed by atoms with E-state index in [4.69, 9.17) is 11.6 Å². The van der Waals surface area contributed by atoms with Crippen LogP contribution in [-0.2, 0) is 0 Å². The van der Waals surface area contributed by atoms with Crippen molar-refractivity contribution in [3.8, 4) is 0 Å². The number of hydrogen-bond acceptors (Lipinski definition) is 3. The molecule has 6 heteroatoms. The van der Waals surface area contributed by atoms with E-state index >= 15 is 0 Å². The molecule has 1 N–H and O–H groups in total. The van der Waals surface area contributed by atoms with Gasteiger partial charge in [-0.1, -0.05) is 38.3 Å². The van der Waals surface area contributed by atoms with Crippen molar-refractivity contribution in [1.29, 1.82) is 0 Å². The van der Waals surface area contributed by atoms with Crippen molar-refractivity contribution in [2.24, 2.45) is 11.8 Å². The molecule has 0 spiro atoms. The zero-order valence-corrected chi connectivity index (χ0v) is 12.9. The van der Waals surface area contributed by atoms with Crippen LogP contribution >= 0.6 is 11.6 Å². The number of non-ortho nitro benzene ring substituents is 1. The minimum Gasteiger partial charge on any atom is -0.349 e. The van der Waals surface area contributed by atoms with Gasteiger partial charge in [0.25, 0.3) is 11.6 Å². The van der Waals surface area contributed by atoms with Gasteiger partial charge in [0.15, 0.2) is 0 Å². The van der Waals surface area contributed by atoms with Crippen molar-refractivity contribution >= 4 is 23.2 Å². The number of nitro groups is 1. The smallest absolute Gasteiger partial charge is 0.270 e. The Bertz CT molecular complexity index is 562. The van der Waals surface area contributed by atoms with Crippen LogP contribution in [0.5, 0.6) is 0 Å². The first-order valence-electron chi connectivity index (χ1n) is 7.15. The number of hydrogen-bond donors (Lipinski definition) is 1. The van der Waals surface area contributed by atoms with E-state index in [1.54, 1.807) is 0 Å². The lowest BCUT2D eigenvalue weighted by Crippen LogP contribution is -2.43. The van der Waals surface area contributed by atoms with E-state index in [9.17, 15) is 14.9 Å². The summed E-state index contributed by atoms with van der Waals surface area (Å²) in [4.78, 5) is 22.4. The van der Waals surface area contributed by atoms with Crippen molar-refractivity contribution in [1.82, 2.24) is 5.32 Å². The third-order valence-corrected chi connectivity index (χ3v) is 4.74. The number of nitro benzene ring substituents is 1. The SMILES string of the molecule is C[C@H]1[C@H](C)CCC[C@H]1NC(=O)c1ccc([N+](=O)[O-])cc1Cl. The number of benzene rings is 1. The Morgan fingerprint density at radius 1 is 1.38 bits per heavy atom. The van der Waals surface area contributed by atoms with Gasteiger partial charge in [-0.2, -0.15) is 0 Å². The number of nitrogens with one attached hydrogen (secondary N) is 1. The Morgan fingerprint density at radius 3 is 2.71 bits per heavy atom. The van der Waals surface area contributed by atoms with Crippen LogP contribution in [0.3, 0.4) is 0 Å². The van der Waals surface area contributed by atoms with E-state index in [-0.39, 0.29) is 28.2 Å². The fourth-order valence-corrected chi connectivity index (χ4v) is 3.09. The highest BCUT2D eigenvalue weighted by Crippen LogP contribution is 2.30.